The Labute approximate surface area is 541 Å². The molecule has 0 spiro atoms. The van der Waals surface area contributed by atoms with Crippen molar-refractivity contribution in [3.05, 3.63) is 34.2 Å². The van der Waals surface area contributed by atoms with E-state index in [2.05, 4.69) is 30.9 Å². The van der Waals surface area contributed by atoms with Gasteiger partial charge in [-0.3, -0.25) is 0 Å². The molecule has 3 aromatic rings. The number of hydrogen-bond donors (Lipinski definition) is 0. The number of halogens is 1. The van der Waals surface area contributed by atoms with Crippen LogP contribution in [0, 0.1) is 0 Å². The number of aryl methyl sites for hydroxylation is 2. The van der Waals surface area contributed by atoms with Gasteiger partial charge in [-0.15, -0.1) is 26.9 Å². The third-order valence-corrected chi connectivity index (χ3v) is 13.3. The van der Waals surface area contributed by atoms with Crippen molar-refractivity contribution in [3.8, 4) is 0 Å². The molecule has 33 nitrogen and oxygen atoms in total. The van der Waals surface area contributed by atoms with Crippen LogP contribution in [-0.2, 0) is 98.4 Å². The number of nitrogens with zero attached hydrogens (tertiary/aromatic N) is 9. The van der Waals surface area contributed by atoms with Crippen molar-refractivity contribution in [2.45, 2.75) is 103 Å². The van der Waals surface area contributed by atoms with E-state index in [0.29, 0.717) is 143 Å². The first-order valence-electron chi connectivity index (χ1n) is 31.0. The highest BCUT2D eigenvalue weighted by Crippen LogP contribution is 2.23. The summed E-state index contributed by atoms with van der Waals surface area (Å²) < 4.78 is 99.8. The Morgan fingerprint density at radius 2 is 0.620 bits per heavy atom. The number of alkyl halides is 1. The summed E-state index contributed by atoms with van der Waals surface area (Å²) in [4.78, 5) is 80.4. The number of unbranched alkanes of at least 4 members (excludes halogenated alkanes) is 6. The van der Waals surface area contributed by atoms with Gasteiger partial charge in [0.05, 0.1) is 151 Å². The minimum atomic E-state index is -0.889. The van der Waals surface area contributed by atoms with Gasteiger partial charge in [0.25, 0.3) is 0 Å². The van der Waals surface area contributed by atoms with Crippen LogP contribution in [-0.4, -0.2) is 286 Å². The Bertz CT molecular complexity index is 2470. The normalized spacial score (nSPS) is 12.0. The number of methoxy groups -OCH3 is 4. The molecule has 0 aliphatic heterocycles. The van der Waals surface area contributed by atoms with Crippen molar-refractivity contribution in [1.82, 2.24) is 45.0 Å². The quantitative estimate of drug-likeness (QED) is 0.0337. The molecule has 2 unspecified atom stereocenters. The van der Waals surface area contributed by atoms with E-state index in [1.165, 1.54) is 14.0 Å². The molecule has 0 amide bonds. The van der Waals surface area contributed by atoms with E-state index in [1.807, 2.05) is 6.92 Å². The number of hydrogen-bond acceptors (Lipinski definition) is 30. The maximum atomic E-state index is 13.8. The molecule has 3 rings (SSSR count). The summed E-state index contributed by atoms with van der Waals surface area (Å²) in [6.07, 6.45) is 5.19. The van der Waals surface area contributed by atoms with Crippen molar-refractivity contribution < 1.29 is 114 Å². The SMILES string of the molecule is CCC(Cl)CC(C)n1nnc(C(=O)OCCCCCCn2nnc(C(=O)OCCOCCOCCOC)c2C(=O)OCCOCCOCCOC)c1C(=O)OCCCCCCn1nnc(C(=O)OCCOCCOCCOC)c1C(=O)OCCOCCOCCOC. The van der Waals surface area contributed by atoms with Crippen molar-refractivity contribution in [2.24, 2.45) is 0 Å². The van der Waals surface area contributed by atoms with Crippen LogP contribution in [0.4, 0.5) is 0 Å². The molecule has 0 fully saturated rings. The summed E-state index contributed by atoms with van der Waals surface area (Å²) in [5, 5.41) is 24.0. The number of carbonyl (C=O) groups is 6. The van der Waals surface area contributed by atoms with E-state index < -0.39 is 41.9 Å². The zero-order valence-corrected chi connectivity index (χ0v) is 55.0. The van der Waals surface area contributed by atoms with Gasteiger partial charge in [-0.25, -0.2) is 42.8 Å². The van der Waals surface area contributed by atoms with Gasteiger partial charge >= 0.3 is 35.8 Å². The molecule has 524 valence electrons. The van der Waals surface area contributed by atoms with Gasteiger partial charge in [-0.1, -0.05) is 35.4 Å². The number of aromatic nitrogens is 9. The van der Waals surface area contributed by atoms with Crippen LogP contribution >= 0.6 is 11.6 Å². The van der Waals surface area contributed by atoms with Gasteiger partial charge in [-0.2, -0.15) is 0 Å². The molecule has 0 N–H and O–H groups in total. The van der Waals surface area contributed by atoms with E-state index >= 15 is 0 Å². The Morgan fingerprint density at radius 1 is 0.348 bits per heavy atom. The van der Waals surface area contributed by atoms with Crippen molar-refractivity contribution in [2.75, 3.05) is 200 Å². The van der Waals surface area contributed by atoms with Gasteiger partial charge in [0, 0.05) is 46.9 Å². The fourth-order valence-corrected chi connectivity index (χ4v) is 8.25. The van der Waals surface area contributed by atoms with Crippen LogP contribution in [0.1, 0.15) is 147 Å². The van der Waals surface area contributed by atoms with Crippen molar-refractivity contribution >= 4 is 47.4 Å². The molecule has 92 heavy (non-hydrogen) atoms. The molecule has 0 saturated heterocycles. The van der Waals surface area contributed by atoms with Crippen LogP contribution in [0.5, 0.6) is 0 Å². The summed E-state index contributed by atoms with van der Waals surface area (Å²) in [5.41, 5.74) is -1.51. The maximum absolute atomic E-state index is 13.8. The number of esters is 6. The van der Waals surface area contributed by atoms with E-state index in [0.717, 1.165) is 0 Å². The minimum absolute atomic E-state index is 0.0184. The smallest absolute Gasteiger partial charge is 0.361 e. The number of rotatable bonds is 60. The zero-order valence-electron chi connectivity index (χ0n) is 54.2. The lowest BCUT2D eigenvalue weighted by Gasteiger charge is -2.17. The van der Waals surface area contributed by atoms with Crippen LogP contribution in [0.2, 0.25) is 0 Å². The van der Waals surface area contributed by atoms with Crippen molar-refractivity contribution in [3.63, 3.8) is 0 Å². The third-order valence-electron chi connectivity index (χ3n) is 12.8. The fourth-order valence-electron chi connectivity index (χ4n) is 7.99. The number of carbonyl (C=O) groups excluding carboxylic acids is 6. The topological polar surface area (TPSA) is 361 Å². The average molecular weight is 1340 g/mol. The maximum Gasteiger partial charge on any atom is 0.361 e. The van der Waals surface area contributed by atoms with Crippen LogP contribution < -0.4 is 0 Å². The lowest BCUT2D eigenvalue weighted by Crippen LogP contribution is -2.22. The molecule has 0 saturated carbocycles. The second kappa shape index (κ2) is 52.4. The fraction of sp³-hybridized carbons (Fsp3) is 0.793. The molecule has 0 bridgehead atoms. The van der Waals surface area contributed by atoms with E-state index in [-0.39, 0.29) is 145 Å². The summed E-state index contributed by atoms with van der Waals surface area (Å²) in [6.45, 7) is 9.68. The second-order valence-electron chi connectivity index (χ2n) is 19.9. The average Bonchev–Trinajstić information content (AvgIpc) is 2.02. The first-order chi connectivity index (χ1) is 44.9. The van der Waals surface area contributed by atoms with Crippen LogP contribution in [0.25, 0.3) is 0 Å². The summed E-state index contributed by atoms with van der Waals surface area (Å²) >= 11 is 6.50. The highest BCUT2D eigenvalue weighted by Gasteiger charge is 2.32. The van der Waals surface area contributed by atoms with Gasteiger partial charge in [-0.05, 0) is 58.3 Å². The summed E-state index contributed by atoms with van der Waals surface area (Å²) in [5.74, 6) is -5.17. The lowest BCUT2D eigenvalue weighted by atomic mass is 10.1. The molecule has 0 radical (unpaired) electrons. The minimum Gasteiger partial charge on any atom is -0.461 e. The zero-order chi connectivity index (χ0) is 66.7. The van der Waals surface area contributed by atoms with Crippen molar-refractivity contribution in [1.29, 1.82) is 0 Å². The predicted octanol–water partition coefficient (Wildman–Crippen LogP) is 3.61. The van der Waals surface area contributed by atoms with Gasteiger partial charge < -0.3 is 85.3 Å². The Balaban J connectivity index is 1.55. The molecule has 0 aliphatic rings. The van der Waals surface area contributed by atoms with Crippen LogP contribution in [0.3, 0.4) is 0 Å². The van der Waals surface area contributed by atoms with E-state index in [4.69, 9.17) is 96.9 Å². The standard InChI is InChI=1S/C58H96ClN9O24/c1-7-46(59)44-45(2)68-52(58(74)88-19-15-11-9-13-17-67-51(57(73)92-43-39-86-35-31-82-27-23-78-6)48(61-64-67)54(70)90-41-37-84-33-29-80-25-21-76-4)49(62-65-68)55(71)87-18-14-10-8-12-16-66-50(56(72)91-42-38-85-34-30-81-26-22-77-5)47(60-63-66)53(69)89-40-36-83-32-28-79-24-20-75-3/h45-46H,7-44H2,1-6H3. The first-order valence-corrected chi connectivity index (χ1v) is 31.4. The summed E-state index contributed by atoms with van der Waals surface area (Å²) in [6, 6.07) is -0.441. The van der Waals surface area contributed by atoms with Gasteiger partial charge in [0.15, 0.2) is 17.1 Å². The Hall–Kier alpha value is -5.95. The highest BCUT2D eigenvalue weighted by atomic mass is 35.5. The molecule has 0 aromatic carbocycles. The second-order valence-corrected chi connectivity index (χ2v) is 20.5. The molecular formula is C58H96ClN9O24. The van der Waals surface area contributed by atoms with Crippen LogP contribution in [0.15, 0.2) is 0 Å². The molecule has 3 aromatic heterocycles. The first kappa shape index (κ1) is 80.3. The van der Waals surface area contributed by atoms with Gasteiger partial charge in [0.1, 0.15) is 26.4 Å². The summed E-state index contributed by atoms with van der Waals surface area (Å²) in [7, 11) is 6.29. The lowest BCUT2D eigenvalue weighted by molar-refractivity contribution is 0.00380. The predicted molar refractivity (Wildman–Crippen MR) is 322 cm³/mol. The van der Waals surface area contributed by atoms with E-state index in [9.17, 15) is 28.8 Å². The van der Waals surface area contributed by atoms with E-state index in [1.54, 1.807) is 35.4 Å². The highest BCUT2D eigenvalue weighted by molar-refractivity contribution is 6.20. The largest absolute Gasteiger partial charge is 0.461 e. The third kappa shape index (κ3) is 33.8. The van der Waals surface area contributed by atoms with Gasteiger partial charge in [0.2, 0.25) is 17.1 Å². The molecule has 2 atom stereocenters. The molecule has 34 heteroatoms. The molecule has 3 heterocycles. The monoisotopic (exact) mass is 1340 g/mol. The Kier molecular flexibility index (Phi) is 45.8. The molecular weight excluding hydrogens is 1240 g/mol. The molecule has 0 aliphatic carbocycles. The Morgan fingerprint density at radius 3 is 0.967 bits per heavy atom. The number of ether oxygens (including phenoxy) is 18.